The summed E-state index contributed by atoms with van der Waals surface area (Å²) in [6.07, 6.45) is -0.754. The molecule has 5 heteroatoms. The number of amides is 1. The molecule has 4 nitrogen and oxygen atoms in total. The van der Waals surface area contributed by atoms with Gasteiger partial charge in [0.2, 0.25) is 0 Å². The molecule has 1 N–H and O–H groups in total. The molecule has 1 amide bonds. The molecule has 0 aliphatic heterocycles. The fourth-order valence-corrected chi connectivity index (χ4v) is 2.79. The van der Waals surface area contributed by atoms with E-state index in [1.165, 1.54) is 0 Å². The summed E-state index contributed by atoms with van der Waals surface area (Å²) < 4.78 is 5.72. The Bertz CT molecular complexity index is 997. The van der Waals surface area contributed by atoms with Gasteiger partial charge in [0.1, 0.15) is 5.75 Å². The maximum Gasteiger partial charge on any atom is 0.265 e. The Kier molecular flexibility index (Phi) is 5.75. The summed E-state index contributed by atoms with van der Waals surface area (Å²) in [4.78, 5) is 12.4. The van der Waals surface area contributed by atoms with Gasteiger partial charge in [0, 0.05) is 5.69 Å². The van der Waals surface area contributed by atoms with Crippen LogP contribution in [0.3, 0.4) is 0 Å². The summed E-state index contributed by atoms with van der Waals surface area (Å²) in [7, 11) is 0. The van der Waals surface area contributed by atoms with Gasteiger partial charge in [0.25, 0.3) is 5.91 Å². The van der Waals surface area contributed by atoms with E-state index in [1.807, 2.05) is 48.5 Å². The zero-order valence-electron chi connectivity index (χ0n) is 14.6. The van der Waals surface area contributed by atoms with Crippen LogP contribution >= 0.6 is 11.6 Å². The lowest BCUT2D eigenvalue weighted by molar-refractivity contribution is -0.122. The first-order chi connectivity index (χ1) is 13.1. The lowest BCUT2D eigenvalue weighted by atomic mass is 10.1. The molecule has 0 radical (unpaired) electrons. The Hall–Kier alpha value is -3.29. The molecular formula is C22H17ClN2O2. The van der Waals surface area contributed by atoms with E-state index in [4.69, 9.17) is 21.6 Å². The monoisotopic (exact) mass is 376 g/mol. The smallest absolute Gasteiger partial charge is 0.265 e. The number of nitrogens with zero attached hydrogens (tertiary/aromatic N) is 1. The molecule has 0 bridgehead atoms. The Morgan fingerprint density at radius 2 is 1.81 bits per heavy atom. The summed E-state index contributed by atoms with van der Waals surface area (Å²) in [6, 6.07) is 24.1. The number of hydrogen-bond acceptors (Lipinski definition) is 3. The van der Waals surface area contributed by atoms with Crippen LogP contribution in [0.2, 0.25) is 5.02 Å². The second-order valence-electron chi connectivity index (χ2n) is 5.95. The highest BCUT2D eigenvalue weighted by Gasteiger charge is 2.17. The Balaban J connectivity index is 1.69. The van der Waals surface area contributed by atoms with Gasteiger partial charge in [-0.15, -0.1) is 0 Å². The lowest BCUT2D eigenvalue weighted by Gasteiger charge is -2.16. The van der Waals surface area contributed by atoms with Gasteiger partial charge in [0.05, 0.1) is 16.7 Å². The average molecular weight is 377 g/mol. The molecule has 3 aromatic carbocycles. The third-order valence-electron chi connectivity index (χ3n) is 3.97. The van der Waals surface area contributed by atoms with E-state index in [2.05, 4.69) is 5.32 Å². The molecule has 0 aliphatic rings. The number of ether oxygens (including phenoxy) is 1. The Labute approximate surface area is 163 Å². The van der Waals surface area contributed by atoms with Crippen molar-refractivity contribution in [1.29, 1.82) is 5.26 Å². The summed E-state index contributed by atoms with van der Waals surface area (Å²) in [5, 5.41) is 12.1. The highest BCUT2D eigenvalue weighted by atomic mass is 35.5. The maximum absolute atomic E-state index is 12.4. The van der Waals surface area contributed by atoms with Gasteiger partial charge in [0.15, 0.2) is 6.10 Å². The molecular weight excluding hydrogens is 360 g/mol. The van der Waals surface area contributed by atoms with Crippen LogP contribution in [0.1, 0.15) is 12.5 Å². The van der Waals surface area contributed by atoms with E-state index in [0.717, 1.165) is 11.1 Å². The third kappa shape index (κ3) is 4.66. The number of rotatable bonds is 5. The first-order valence-electron chi connectivity index (χ1n) is 8.39. The second kappa shape index (κ2) is 8.39. The molecule has 0 saturated carbocycles. The molecule has 0 fully saturated rings. The maximum atomic E-state index is 12.4. The minimum atomic E-state index is -0.754. The van der Waals surface area contributed by atoms with Crippen molar-refractivity contribution in [3.05, 3.63) is 83.4 Å². The van der Waals surface area contributed by atoms with Gasteiger partial charge in [-0.1, -0.05) is 54.1 Å². The molecule has 0 aliphatic carbocycles. The molecule has 0 unspecified atom stereocenters. The molecule has 1 atom stereocenters. The number of nitriles is 1. The Morgan fingerprint density at radius 3 is 2.52 bits per heavy atom. The van der Waals surface area contributed by atoms with E-state index in [0.29, 0.717) is 22.0 Å². The largest absolute Gasteiger partial charge is 0.479 e. The van der Waals surface area contributed by atoms with Crippen LogP contribution in [-0.2, 0) is 4.79 Å². The molecule has 3 rings (SSSR count). The quantitative estimate of drug-likeness (QED) is 0.658. The number of halogens is 1. The molecule has 27 heavy (non-hydrogen) atoms. The highest BCUT2D eigenvalue weighted by molar-refractivity contribution is 6.32. The van der Waals surface area contributed by atoms with Crippen LogP contribution in [0.25, 0.3) is 11.1 Å². The predicted octanol–water partition coefficient (Wildman–Crippen LogP) is 5.28. The summed E-state index contributed by atoms with van der Waals surface area (Å²) in [5.41, 5.74) is 3.04. The zero-order valence-corrected chi connectivity index (χ0v) is 15.4. The van der Waals surface area contributed by atoms with Crippen LogP contribution < -0.4 is 10.1 Å². The fourth-order valence-electron chi connectivity index (χ4n) is 2.56. The minimum absolute atomic E-state index is 0.326. The van der Waals surface area contributed by atoms with Crippen molar-refractivity contribution in [2.75, 3.05) is 5.32 Å². The van der Waals surface area contributed by atoms with E-state index >= 15 is 0 Å². The van der Waals surface area contributed by atoms with Crippen molar-refractivity contribution in [2.45, 2.75) is 13.0 Å². The third-order valence-corrected chi connectivity index (χ3v) is 4.27. The van der Waals surface area contributed by atoms with Crippen LogP contribution in [0.5, 0.6) is 5.75 Å². The topological polar surface area (TPSA) is 62.1 Å². The van der Waals surface area contributed by atoms with Crippen molar-refractivity contribution in [3.63, 3.8) is 0 Å². The fraction of sp³-hybridized carbons (Fsp3) is 0.0909. The number of carbonyl (C=O) groups is 1. The van der Waals surface area contributed by atoms with Crippen LogP contribution in [0.4, 0.5) is 5.69 Å². The van der Waals surface area contributed by atoms with Gasteiger partial charge in [-0.25, -0.2) is 0 Å². The predicted molar refractivity (Wildman–Crippen MR) is 107 cm³/mol. The van der Waals surface area contributed by atoms with E-state index in [-0.39, 0.29) is 5.91 Å². The van der Waals surface area contributed by atoms with E-state index in [1.54, 1.807) is 37.3 Å². The van der Waals surface area contributed by atoms with Crippen molar-refractivity contribution >= 4 is 23.2 Å². The first-order valence-corrected chi connectivity index (χ1v) is 8.77. The molecule has 0 aromatic heterocycles. The molecule has 0 spiro atoms. The van der Waals surface area contributed by atoms with Gasteiger partial charge < -0.3 is 10.1 Å². The average Bonchev–Trinajstić information content (AvgIpc) is 2.70. The van der Waals surface area contributed by atoms with Crippen LogP contribution in [-0.4, -0.2) is 12.0 Å². The molecule has 134 valence electrons. The molecule has 0 heterocycles. The Morgan fingerprint density at radius 1 is 1.04 bits per heavy atom. The summed E-state index contributed by atoms with van der Waals surface area (Å²) in [6.45, 7) is 1.64. The SMILES string of the molecule is C[C@@H](Oc1ccc(-c2ccccc2)cc1Cl)C(=O)Nc1cccc(C#N)c1. The van der Waals surface area contributed by atoms with E-state index < -0.39 is 6.10 Å². The van der Waals surface area contributed by atoms with Gasteiger partial charge in [-0.2, -0.15) is 5.26 Å². The standard InChI is InChI=1S/C22H17ClN2O2/c1-15(22(26)25-19-9-5-6-16(12-19)14-24)27-21-11-10-18(13-20(21)23)17-7-3-2-4-8-17/h2-13,15H,1H3,(H,25,26)/t15-/m1/s1. The number of benzene rings is 3. The van der Waals surface area contributed by atoms with Gasteiger partial charge in [-0.05, 0) is 48.4 Å². The highest BCUT2D eigenvalue weighted by Crippen LogP contribution is 2.31. The van der Waals surface area contributed by atoms with Crippen LogP contribution in [0.15, 0.2) is 72.8 Å². The molecule has 3 aromatic rings. The molecule has 0 saturated heterocycles. The van der Waals surface area contributed by atoms with E-state index in [9.17, 15) is 4.79 Å². The normalized spacial score (nSPS) is 11.3. The summed E-state index contributed by atoms with van der Waals surface area (Å²) in [5.74, 6) is 0.109. The lowest BCUT2D eigenvalue weighted by Crippen LogP contribution is -2.30. The first kappa shape index (κ1) is 18.5. The number of nitrogens with one attached hydrogen (secondary N) is 1. The van der Waals surface area contributed by atoms with Crippen molar-refractivity contribution in [3.8, 4) is 22.9 Å². The van der Waals surface area contributed by atoms with Gasteiger partial charge in [-0.3, -0.25) is 4.79 Å². The minimum Gasteiger partial charge on any atom is -0.479 e. The van der Waals surface area contributed by atoms with Crippen molar-refractivity contribution in [1.82, 2.24) is 0 Å². The van der Waals surface area contributed by atoms with Crippen molar-refractivity contribution < 1.29 is 9.53 Å². The number of anilines is 1. The second-order valence-corrected chi connectivity index (χ2v) is 6.36. The number of carbonyl (C=O) groups excluding carboxylic acids is 1. The van der Waals surface area contributed by atoms with Gasteiger partial charge >= 0.3 is 0 Å². The number of hydrogen-bond donors (Lipinski definition) is 1. The summed E-state index contributed by atoms with van der Waals surface area (Å²) >= 11 is 6.34. The zero-order chi connectivity index (χ0) is 19.2. The van der Waals surface area contributed by atoms with Crippen molar-refractivity contribution in [2.24, 2.45) is 0 Å². The van der Waals surface area contributed by atoms with Crippen LogP contribution in [0, 0.1) is 11.3 Å².